The molecule has 8 nitrogen and oxygen atoms in total. The average Bonchev–Trinajstić information content (AvgIpc) is 3.56. The van der Waals surface area contributed by atoms with Gasteiger partial charge in [-0.15, -0.1) is 0 Å². The number of ether oxygens (including phenoxy) is 4. The van der Waals surface area contributed by atoms with Crippen molar-refractivity contribution >= 4 is 47.0 Å². The summed E-state index contributed by atoms with van der Waals surface area (Å²) in [7, 11) is 4.33. The largest absolute Gasteiger partial charge is 0.493 e. The molecule has 0 aliphatic carbocycles. The monoisotopic (exact) mass is 630 g/mol. The number of allylic oxidation sites excluding steroid dienone is 1. The van der Waals surface area contributed by atoms with Crippen LogP contribution >= 0.6 is 23.2 Å². The van der Waals surface area contributed by atoms with Gasteiger partial charge in [0.25, 0.3) is 5.91 Å². The first-order valence-corrected chi connectivity index (χ1v) is 14.2. The summed E-state index contributed by atoms with van der Waals surface area (Å²) in [5.74, 6) is 0.119. The van der Waals surface area contributed by atoms with Crippen LogP contribution in [0, 0.1) is 0 Å². The second-order valence-corrected chi connectivity index (χ2v) is 10.5. The lowest BCUT2D eigenvalue weighted by Gasteiger charge is -2.25. The number of nitrogens with one attached hydrogen (secondary N) is 1. The van der Waals surface area contributed by atoms with Crippen LogP contribution in [-0.4, -0.2) is 39.4 Å². The van der Waals surface area contributed by atoms with Crippen LogP contribution in [0.5, 0.6) is 17.2 Å². The molecule has 0 radical (unpaired) electrons. The van der Waals surface area contributed by atoms with E-state index in [0.29, 0.717) is 32.8 Å². The van der Waals surface area contributed by atoms with E-state index in [9.17, 15) is 9.59 Å². The van der Waals surface area contributed by atoms with Crippen LogP contribution in [0.2, 0.25) is 10.0 Å². The van der Waals surface area contributed by atoms with Gasteiger partial charge in [0.1, 0.15) is 17.4 Å². The van der Waals surface area contributed by atoms with Crippen LogP contribution in [0.25, 0.3) is 0 Å². The minimum absolute atomic E-state index is 0.108. The number of hydrogen-bond donors (Lipinski definition) is 1. The molecule has 1 N–H and O–H groups in total. The summed E-state index contributed by atoms with van der Waals surface area (Å²) in [6, 6.07) is 24.6. The second kappa shape index (κ2) is 13.2. The van der Waals surface area contributed by atoms with E-state index in [1.807, 2.05) is 36.4 Å². The van der Waals surface area contributed by atoms with E-state index in [-0.39, 0.29) is 11.3 Å². The number of anilines is 1. The minimum Gasteiger partial charge on any atom is -0.493 e. The molecule has 1 aliphatic rings. The summed E-state index contributed by atoms with van der Waals surface area (Å²) >= 11 is 12.5. The van der Waals surface area contributed by atoms with Crippen molar-refractivity contribution in [1.82, 2.24) is 0 Å². The van der Waals surface area contributed by atoms with Gasteiger partial charge in [0.05, 0.1) is 31.4 Å². The van der Waals surface area contributed by atoms with Gasteiger partial charge in [-0.25, -0.2) is 4.79 Å². The zero-order valence-corrected chi connectivity index (χ0v) is 25.6. The number of nitrogens with zero attached hydrogens (tertiary/aromatic N) is 1. The van der Waals surface area contributed by atoms with Crippen LogP contribution in [0.1, 0.15) is 33.2 Å². The van der Waals surface area contributed by atoms with Crippen molar-refractivity contribution in [2.24, 2.45) is 4.99 Å². The quantitative estimate of drug-likeness (QED) is 0.183. The van der Waals surface area contributed by atoms with E-state index in [4.69, 9.17) is 42.1 Å². The molecule has 0 saturated carbocycles. The Morgan fingerprint density at radius 1 is 0.795 bits per heavy atom. The summed E-state index contributed by atoms with van der Waals surface area (Å²) in [5.41, 5.74) is 1.19. The van der Waals surface area contributed by atoms with Gasteiger partial charge >= 0.3 is 5.97 Å². The van der Waals surface area contributed by atoms with Crippen molar-refractivity contribution in [2.45, 2.75) is 11.6 Å². The Morgan fingerprint density at radius 2 is 1.55 bits per heavy atom. The Balaban J connectivity index is 1.49. The molecule has 1 aliphatic heterocycles. The molecular formula is C34H28Cl2N2O6. The minimum atomic E-state index is -1.37. The highest BCUT2D eigenvalue weighted by molar-refractivity contribution is 6.42. The summed E-state index contributed by atoms with van der Waals surface area (Å²) < 4.78 is 22.3. The Hall–Kier alpha value is -4.79. The van der Waals surface area contributed by atoms with Crippen LogP contribution < -0.4 is 19.5 Å². The van der Waals surface area contributed by atoms with Gasteiger partial charge in [0, 0.05) is 11.9 Å². The average molecular weight is 632 g/mol. The zero-order chi connectivity index (χ0) is 31.3. The second-order valence-electron chi connectivity index (χ2n) is 9.71. The van der Waals surface area contributed by atoms with Crippen LogP contribution in [0.4, 0.5) is 5.69 Å². The molecule has 44 heavy (non-hydrogen) atoms. The predicted molar refractivity (Wildman–Crippen MR) is 171 cm³/mol. The molecule has 4 aromatic rings. The zero-order valence-electron chi connectivity index (χ0n) is 24.0. The van der Waals surface area contributed by atoms with Gasteiger partial charge in [-0.3, -0.25) is 9.79 Å². The number of esters is 1. The number of amides is 1. The lowest BCUT2D eigenvalue weighted by atomic mass is 9.89. The molecule has 0 fully saturated rings. The van der Waals surface area contributed by atoms with Crippen LogP contribution in [0.3, 0.4) is 0 Å². The van der Waals surface area contributed by atoms with Crippen molar-refractivity contribution in [3.8, 4) is 17.2 Å². The number of benzene rings is 4. The molecule has 10 heteroatoms. The molecule has 0 saturated heterocycles. The number of carbonyl (C=O) groups is 2. The molecular weight excluding hydrogens is 603 g/mol. The third-order valence-electron chi connectivity index (χ3n) is 7.11. The van der Waals surface area contributed by atoms with E-state index in [2.05, 4.69) is 10.3 Å². The maximum Gasteiger partial charge on any atom is 0.341 e. The fraction of sp³-hybridized carbons (Fsp3) is 0.147. The van der Waals surface area contributed by atoms with Gasteiger partial charge in [0.2, 0.25) is 0 Å². The normalized spacial score (nSPS) is 15.8. The van der Waals surface area contributed by atoms with Crippen LogP contribution in [0.15, 0.2) is 102 Å². The highest BCUT2D eigenvalue weighted by Crippen LogP contribution is 2.39. The third-order valence-corrected chi connectivity index (χ3v) is 7.85. The van der Waals surface area contributed by atoms with Crippen molar-refractivity contribution in [2.75, 3.05) is 26.6 Å². The lowest BCUT2D eigenvalue weighted by molar-refractivity contribution is -0.119. The number of carbonyl (C=O) groups excluding carboxylic acids is 2. The first-order chi connectivity index (χ1) is 21.3. The fourth-order valence-electron chi connectivity index (χ4n) is 4.86. The Kier molecular flexibility index (Phi) is 9.23. The van der Waals surface area contributed by atoms with E-state index in [1.165, 1.54) is 27.4 Å². The van der Waals surface area contributed by atoms with Gasteiger partial charge in [0.15, 0.2) is 17.0 Å². The smallest absolute Gasteiger partial charge is 0.341 e. The Morgan fingerprint density at radius 3 is 2.20 bits per heavy atom. The third kappa shape index (κ3) is 6.13. The maximum absolute atomic E-state index is 13.8. The molecule has 4 aromatic carbocycles. The van der Waals surface area contributed by atoms with E-state index in [1.54, 1.807) is 60.8 Å². The van der Waals surface area contributed by atoms with E-state index < -0.39 is 23.5 Å². The van der Waals surface area contributed by atoms with Gasteiger partial charge in [-0.05, 0) is 71.3 Å². The van der Waals surface area contributed by atoms with Crippen molar-refractivity contribution in [3.63, 3.8) is 0 Å². The van der Waals surface area contributed by atoms with Gasteiger partial charge < -0.3 is 24.3 Å². The summed E-state index contributed by atoms with van der Waals surface area (Å²) in [4.78, 5) is 31.3. The SMILES string of the molecule is COC(=O)c1cc(NC(=O)C2(c3ccc(OC)c(OC)c3)C=CC=N2)ccc1OC(c1ccccc1)c1ccc(Cl)c(Cl)c1. The van der Waals surface area contributed by atoms with E-state index >= 15 is 0 Å². The number of hydrogen-bond acceptors (Lipinski definition) is 7. The van der Waals surface area contributed by atoms with E-state index in [0.717, 1.165) is 11.1 Å². The topological polar surface area (TPSA) is 95.5 Å². The summed E-state index contributed by atoms with van der Waals surface area (Å²) in [5, 5.41) is 3.67. The highest BCUT2D eigenvalue weighted by Gasteiger charge is 2.39. The first-order valence-electron chi connectivity index (χ1n) is 13.5. The summed E-state index contributed by atoms with van der Waals surface area (Å²) in [6.45, 7) is 0. The Labute approximate surface area is 264 Å². The number of rotatable bonds is 10. The van der Waals surface area contributed by atoms with Crippen LogP contribution in [-0.2, 0) is 15.1 Å². The first kappa shape index (κ1) is 30.7. The standard InChI is InChI=1S/C34H28Cl2N2O6/c1-41-29-14-11-23(19-30(29)42-2)34(16-7-17-37-34)33(40)38-24-12-15-28(25(20-24)32(39)43-3)44-31(21-8-5-4-6-9-21)22-10-13-26(35)27(36)18-22/h4-20,31H,1-3H3,(H,38,40). The number of aliphatic imine (C=N–C) groups is 1. The highest BCUT2D eigenvalue weighted by atomic mass is 35.5. The molecule has 2 atom stereocenters. The molecule has 0 bridgehead atoms. The van der Waals surface area contributed by atoms with Crippen molar-refractivity contribution in [1.29, 1.82) is 0 Å². The molecule has 1 amide bonds. The molecule has 0 spiro atoms. The Bertz CT molecular complexity index is 1740. The molecule has 5 rings (SSSR count). The van der Waals surface area contributed by atoms with Gasteiger partial charge in [-0.2, -0.15) is 0 Å². The summed E-state index contributed by atoms with van der Waals surface area (Å²) in [6.07, 6.45) is 4.30. The fourth-order valence-corrected chi connectivity index (χ4v) is 5.17. The maximum atomic E-state index is 13.8. The molecule has 0 aromatic heterocycles. The lowest BCUT2D eigenvalue weighted by Crippen LogP contribution is -2.36. The van der Waals surface area contributed by atoms with Gasteiger partial charge in [-0.1, -0.05) is 65.7 Å². The number of methoxy groups -OCH3 is 3. The molecule has 2 unspecified atom stereocenters. The van der Waals surface area contributed by atoms with Crippen molar-refractivity contribution in [3.05, 3.63) is 129 Å². The number of halogens is 2. The molecule has 1 heterocycles. The molecule has 224 valence electrons. The van der Waals surface area contributed by atoms with Crippen molar-refractivity contribution < 1.29 is 28.5 Å². The predicted octanol–water partition coefficient (Wildman–Crippen LogP) is 7.44.